The molecule has 0 spiro atoms. The summed E-state index contributed by atoms with van der Waals surface area (Å²) in [5.74, 6) is 1.85. The van der Waals surface area contributed by atoms with Crippen LogP contribution in [0.15, 0.2) is 156 Å². The smallest absolute Gasteiger partial charge is 0.164 e. The summed E-state index contributed by atoms with van der Waals surface area (Å²) < 4.78 is 11.9. The Morgan fingerprint density at radius 3 is 1.44 bits per heavy atom. The van der Waals surface area contributed by atoms with E-state index in [9.17, 15) is 0 Å². The first-order valence-electron chi connectivity index (χ1n) is 21.6. The second-order valence-corrected chi connectivity index (χ2v) is 17.2. The second kappa shape index (κ2) is 14.0. The minimum Gasteiger partial charge on any atom is -0.456 e. The van der Waals surface area contributed by atoms with Gasteiger partial charge in [-0.3, -0.25) is 0 Å². The van der Waals surface area contributed by atoms with E-state index in [1.165, 1.54) is 76.4 Å². The van der Waals surface area contributed by atoms with E-state index in [1.54, 1.807) is 0 Å². The van der Waals surface area contributed by atoms with Crippen molar-refractivity contribution in [3.05, 3.63) is 152 Å². The van der Waals surface area contributed by atoms with Gasteiger partial charge < -0.3 is 13.6 Å². The SMILES string of the molecule is Bc1cc(B)c2c(c1)c1c(B)c(B)c3c4cc(B)cc(B)c4n(-c4ccc5c(c4)oc4cccc(-c6nc(-c7ccccc7)nc(-c7ccccc7)n6)c45)c3c1n2-c1ccccc1. The highest BCUT2D eigenvalue weighted by Gasteiger charge is 2.27. The molecule has 0 fully saturated rings. The summed E-state index contributed by atoms with van der Waals surface area (Å²) in [6.07, 6.45) is 0. The average molecular weight is 801 g/mol. The third-order valence-electron chi connectivity index (χ3n) is 13.0. The molecule has 0 bridgehead atoms. The van der Waals surface area contributed by atoms with E-state index in [-0.39, 0.29) is 0 Å². The number of benzene rings is 8. The molecule has 0 amide bonds. The number of aromatic nitrogens is 5. The zero-order chi connectivity index (χ0) is 42.7. The summed E-state index contributed by atoms with van der Waals surface area (Å²) >= 11 is 0. The van der Waals surface area contributed by atoms with Crippen molar-refractivity contribution < 1.29 is 4.42 Å². The van der Waals surface area contributed by atoms with Gasteiger partial charge in [0.1, 0.15) is 58.2 Å². The van der Waals surface area contributed by atoms with Gasteiger partial charge in [0, 0.05) is 77.5 Å². The Hall–Kier alpha value is -7.44. The van der Waals surface area contributed by atoms with Crippen LogP contribution in [0, 0.1) is 0 Å². The minimum atomic E-state index is 0.598. The van der Waals surface area contributed by atoms with Crippen LogP contribution in [0.25, 0.3) is 111 Å². The van der Waals surface area contributed by atoms with Crippen LogP contribution in [0.1, 0.15) is 0 Å². The lowest BCUT2D eigenvalue weighted by atomic mass is 9.74. The van der Waals surface area contributed by atoms with Crippen LogP contribution in [-0.2, 0) is 0 Å². The van der Waals surface area contributed by atoms with Crippen LogP contribution >= 0.6 is 0 Å². The van der Waals surface area contributed by atoms with Gasteiger partial charge in [0.2, 0.25) is 0 Å². The first-order valence-corrected chi connectivity index (χ1v) is 21.6. The third kappa shape index (κ3) is 5.63. The quantitative estimate of drug-likeness (QED) is 0.252. The summed E-state index contributed by atoms with van der Waals surface area (Å²) in [5.41, 5.74) is 19.0. The fourth-order valence-electron chi connectivity index (χ4n) is 10.3. The van der Waals surface area contributed by atoms with E-state index in [0.717, 1.165) is 50.0 Å². The molecule has 12 aromatic rings. The van der Waals surface area contributed by atoms with Gasteiger partial charge in [0.05, 0.1) is 11.0 Å². The maximum Gasteiger partial charge on any atom is 0.164 e. The Balaban J connectivity index is 1.17. The Labute approximate surface area is 369 Å². The molecule has 4 heterocycles. The summed E-state index contributed by atoms with van der Waals surface area (Å²) in [5, 5.41) is 7.08. The number of furan rings is 1. The van der Waals surface area contributed by atoms with Crippen LogP contribution in [0.5, 0.6) is 0 Å². The maximum absolute atomic E-state index is 6.87. The number of nitrogens with zero attached hydrogens (tertiary/aromatic N) is 5. The minimum absolute atomic E-state index is 0.598. The van der Waals surface area contributed by atoms with Crippen molar-refractivity contribution in [3.63, 3.8) is 0 Å². The van der Waals surface area contributed by atoms with E-state index >= 15 is 0 Å². The molecule has 0 aliphatic carbocycles. The van der Waals surface area contributed by atoms with Gasteiger partial charge in [0.15, 0.2) is 17.5 Å². The summed E-state index contributed by atoms with van der Waals surface area (Å²) in [7, 11) is 13.5. The fourth-order valence-corrected chi connectivity index (χ4v) is 10.3. The number of fused-ring (bicyclic) bond motifs is 10. The summed E-state index contributed by atoms with van der Waals surface area (Å²) in [4.78, 5) is 15.2. The molecule has 290 valence electrons. The molecule has 0 unspecified atom stereocenters. The number of hydrogen-bond donors (Lipinski definition) is 0. The number of para-hydroxylation sites is 1. The molecule has 0 atom stereocenters. The van der Waals surface area contributed by atoms with Crippen LogP contribution in [0.3, 0.4) is 0 Å². The van der Waals surface area contributed by atoms with E-state index in [0.29, 0.717) is 17.5 Å². The van der Waals surface area contributed by atoms with Gasteiger partial charge in [-0.1, -0.05) is 148 Å². The normalized spacial score (nSPS) is 11.9. The molecule has 0 aliphatic heterocycles. The van der Waals surface area contributed by atoms with Crippen molar-refractivity contribution in [1.29, 1.82) is 0 Å². The van der Waals surface area contributed by atoms with Gasteiger partial charge in [-0.25, -0.2) is 15.0 Å². The third-order valence-corrected chi connectivity index (χ3v) is 13.0. The van der Waals surface area contributed by atoms with Crippen molar-refractivity contribution in [3.8, 4) is 45.5 Å². The lowest BCUT2D eigenvalue weighted by Gasteiger charge is -2.15. The first kappa shape index (κ1) is 37.3. The van der Waals surface area contributed by atoms with Crippen molar-refractivity contribution in [2.75, 3.05) is 0 Å². The molecule has 0 aliphatic rings. The predicted molar refractivity (Wildman–Crippen MR) is 281 cm³/mol. The standard InChI is InChI=1S/C51H37B6N5O/c52-28-21-34-41-43(56)44(57)42-35-22-29(53)24-37(55)46(35)62(48(42)47(41)61(45(34)36(54)23-28)30-15-8-3-9-16-30)31-19-20-32-39(25-31)63-38-18-10-17-33(40(32)38)51-59-49(26-11-4-1-5-12-26)58-50(60-51)27-13-6-2-7-14-27/h1-25H,52-57H2. The Bertz CT molecular complexity index is 3810. The van der Waals surface area contributed by atoms with Crippen LogP contribution in [0.2, 0.25) is 0 Å². The van der Waals surface area contributed by atoms with Crippen molar-refractivity contribution in [1.82, 2.24) is 24.1 Å². The molecule has 8 aromatic carbocycles. The van der Waals surface area contributed by atoms with E-state index in [4.69, 9.17) is 19.4 Å². The molecule has 4 aromatic heterocycles. The molecule has 12 rings (SSSR count). The van der Waals surface area contributed by atoms with Crippen molar-refractivity contribution in [2.45, 2.75) is 0 Å². The fraction of sp³-hybridized carbons (Fsp3) is 0. The van der Waals surface area contributed by atoms with Gasteiger partial charge >= 0.3 is 0 Å². The zero-order valence-corrected chi connectivity index (χ0v) is 36.1. The molecule has 0 saturated carbocycles. The topological polar surface area (TPSA) is 61.7 Å². The Morgan fingerprint density at radius 1 is 0.381 bits per heavy atom. The molecule has 12 heteroatoms. The largest absolute Gasteiger partial charge is 0.456 e. The lowest BCUT2D eigenvalue weighted by Crippen LogP contribution is -2.27. The van der Waals surface area contributed by atoms with Gasteiger partial charge in [0.25, 0.3) is 0 Å². The molecule has 6 nitrogen and oxygen atoms in total. The van der Waals surface area contributed by atoms with E-state index in [1.807, 2.05) is 72.8 Å². The highest BCUT2D eigenvalue weighted by atomic mass is 16.3. The highest BCUT2D eigenvalue weighted by Crippen LogP contribution is 2.41. The Morgan fingerprint density at radius 2 is 0.889 bits per heavy atom. The molecule has 0 saturated heterocycles. The summed E-state index contributed by atoms with van der Waals surface area (Å²) in [6.45, 7) is 0. The highest BCUT2D eigenvalue weighted by molar-refractivity contribution is 6.61. The molecule has 0 radical (unpaired) electrons. The van der Waals surface area contributed by atoms with Crippen LogP contribution in [-0.4, -0.2) is 71.2 Å². The van der Waals surface area contributed by atoms with E-state index < -0.39 is 0 Å². The van der Waals surface area contributed by atoms with Crippen LogP contribution in [0.4, 0.5) is 0 Å². The van der Waals surface area contributed by atoms with Gasteiger partial charge in [-0.2, -0.15) is 0 Å². The zero-order valence-electron chi connectivity index (χ0n) is 36.1. The second-order valence-electron chi connectivity index (χ2n) is 17.2. The van der Waals surface area contributed by atoms with Crippen molar-refractivity contribution >= 4 is 145 Å². The molecule has 63 heavy (non-hydrogen) atoms. The van der Waals surface area contributed by atoms with E-state index in [2.05, 4.69) is 135 Å². The lowest BCUT2D eigenvalue weighted by molar-refractivity contribution is 0.668. The maximum atomic E-state index is 6.87. The Kier molecular flexibility index (Phi) is 8.32. The van der Waals surface area contributed by atoms with Crippen molar-refractivity contribution in [2.24, 2.45) is 0 Å². The number of hydrogen-bond acceptors (Lipinski definition) is 4. The molecule has 0 N–H and O–H groups in total. The first-order chi connectivity index (χ1) is 30.7. The molecular formula is C51H37B6N5O. The van der Waals surface area contributed by atoms with Gasteiger partial charge in [-0.15, -0.1) is 0 Å². The predicted octanol–water partition coefficient (Wildman–Crippen LogP) is 2.52. The monoisotopic (exact) mass is 801 g/mol. The van der Waals surface area contributed by atoms with Crippen LogP contribution < -0.4 is 32.8 Å². The number of rotatable bonds is 5. The molecular weight excluding hydrogens is 763 g/mol. The summed E-state index contributed by atoms with van der Waals surface area (Å²) in [6, 6.07) is 53.3. The van der Waals surface area contributed by atoms with Gasteiger partial charge in [-0.05, 0) is 30.3 Å². The average Bonchev–Trinajstić information content (AvgIpc) is 3.97.